The first kappa shape index (κ1) is 30.3. The Hall–Kier alpha value is -4.25. The van der Waals surface area contributed by atoms with E-state index in [0.29, 0.717) is 26.3 Å². The second-order valence-corrected chi connectivity index (χ2v) is 10.0. The van der Waals surface area contributed by atoms with E-state index in [1.54, 1.807) is 61.2 Å². The number of amides is 5. The van der Waals surface area contributed by atoms with Gasteiger partial charge in [0.15, 0.2) is 0 Å². The average Bonchev–Trinajstić information content (AvgIpc) is 2.95. The maximum atomic E-state index is 13.5. The third-order valence-electron chi connectivity index (χ3n) is 6.60. The number of rotatable bonds is 12. The van der Waals surface area contributed by atoms with Gasteiger partial charge in [0, 0.05) is 25.9 Å². The highest BCUT2D eigenvalue weighted by Gasteiger charge is 2.33. The molecular formula is C29H37N5O6. The molecule has 214 valence electrons. The minimum atomic E-state index is -1.22. The molecule has 0 spiro atoms. The van der Waals surface area contributed by atoms with Gasteiger partial charge < -0.3 is 31.3 Å². The SMILES string of the molecule is CC(C)[C@H](NC(=O)N1CCOCC1)C(=O)N[C@@H](Cc1ccccc1)C(=O)N[C@@H](Cc1ccccc1)C(=O)C(N)=O. The van der Waals surface area contributed by atoms with Gasteiger partial charge in [0.1, 0.15) is 18.1 Å². The number of nitrogens with one attached hydrogen (secondary N) is 3. The Morgan fingerprint density at radius 1 is 0.775 bits per heavy atom. The van der Waals surface area contributed by atoms with Crippen LogP contribution in [0.15, 0.2) is 60.7 Å². The second kappa shape index (κ2) is 14.8. The lowest BCUT2D eigenvalue weighted by Crippen LogP contribution is -2.59. The van der Waals surface area contributed by atoms with Crippen molar-refractivity contribution in [3.05, 3.63) is 71.8 Å². The Morgan fingerprint density at radius 3 is 1.77 bits per heavy atom. The van der Waals surface area contributed by atoms with E-state index >= 15 is 0 Å². The topological polar surface area (TPSA) is 160 Å². The fourth-order valence-corrected chi connectivity index (χ4v) is 4.35. The number of ether oxygens (including phenoxy) is 1. The van der Waals surface area contributed by atoms with Crippen molar-refractivity contribution >= 4 is 29.5 Å². The van der Waals surface area contributed by atoms with Gasteiger partial charge in [-0.2, -0.15) is 0 Å². The molecule has 1 aliphatic rings. The second-order valence-electron chi connectivity index (χ2n) is 10.0. The van der Waals surface area contributed by atoms with Crippen LogP contribution in [0.3, 0.4) is 0 Å². The first-order valence-electron chi connectivity index (χ1n) is 13.3. The van der Waals surface area contributed by atoms with Crippen LogP contribution in [0.5, 0.6) is 0 Å². The first-order chi connectivity index (χ1) is 19.2. The summed E-state index contributed by atoms with van der Waals surface area (Å²) in [4.78, 5) is 65.7. The maximum Gasteiger partial charge on any atom is 0.318 e. The lowest BCUT2D eigenvalue weighted by Gasteiger charge is -2.31. The number of ketones is 1. The van der Waals surface area contributed by atoms with Gasteiger partial charge in [-0.25, -0.2) is 4.79 Å². The van der Waals surface area contributed by atoms with E-state index in [2.05, 4.69) is 16.0 Å². The zero-order valence-electron chi connectivity index (χ0n) is 22.8. The van der Waals surface area contributed by atoms with Crippen LogP contribution in [0.25, 0.3) is 0 Å². The zero-order valence-corrected chi connectivity index (χ0v) is 22.8. The molecule has 1 heterocycles. The molecule has 1 saturated heterocycles. The summed E-state index contributed by atoms with van der Waals surface area (Å²) in [5, 5.41) is 8.15. The molecule has 1 aliphatic heterocycles. The van der Waals surface area contributed by atoms with E-state index in [1.165, 1.54) is 0 Å². The van der Waals surface area contributed by atoms with Crippen LogP contribution in [0.4, 0.5) is 4.79 Å². The molecule has 0 radical (unpaired) electrons. The van der Waals surface area contributed by atoms with E-state index in [-0.39, 0.29) is 18.8 Å². The van der Waals surface area contributed by atoms with E-state index in [4.69, 9.17) is 10.5 Å². The Balaban J connectivity index is 1.79. The molecule has 3 atom stereocenters. The van der Waals surface area contributed by atoms with Crippen molar-refractivity contribution in [2.45, 2.75) is 44.8 Å². The predicted molar refractivity (Wildman–Crippen MR) is 148 cm³/mol. The van der Waals surface area contributed by atoms with Crippen molar-refractivity contribution < 1.29 is 28.7 Å². The average molecular weight is 552 g/mol. The summed E-state index contributed by atoms with van der Waals surface area (Å²) in [7, 11) is 0. The number of hydrogen-bond acceptors (Lipinski definition) is 6. The summed E-state index contributed by atoms with van der Waals surface area (Å²) in [6.07, 6.45) is 0.161. The Kier molecular flexibility index (Phi) is 11.2. The third kappa shape index (κ3) is 8.91. The van der Waals surface area contributed by atoms with Crippen molar-refractivity contribution in [2.24, 2.45) is 11.7 Å². The molecule has 0 aromatic heterocycles. The molecule has 2 aromatic carbocycles. The number of urea groups is 1. The molecule has 5 amide bonds. The minimum absolute atomic E-state index is 0.0462. The number of carbonyl (C=O) groups excluding carboxylic acids is 5. The monoisotopic (exact) mass is 551 g/mol. The van der Waals surface area contributed by atoms with Gasteiger partial charge in [-0.15, -0.1) is 0 Å². The standard InChI is InChI=1S/C29H37N5O6/c1-19(2)24(33-29(39)34-13-15-40-16-14-34)28(38)32-23(18-21-11-7-4-8-12-21)27(37)31-22(25(35)26(30)36)17-20-9-5-3-6-10-20/h3-12,19,22-24H,13-18H2,1-2H3,(H2,30,36)(H,31,37)(H,32,38)(H,33,39)/t22-,23-,24-/m0/s1. The number of primary amides is 1. The van der Waals surface area contributed by atoms with Gasteiger partial charge in [0.2, 0.25) is 17.6 Å². The highest BCUT2D eigenvalue weighted by Crippen LogP contribution is 2.10. The number of morpholine rings is 1. The van der Waals surface area contributed by atoms with Crippen LogP contribution in [0.2, 0.25) is 0 Å². The summed E-state index contributed by atoms with van der Waals surface area (Å²) in [6, 6.07) is 14.3. The van der Waals surface area contributed by atoms with Gasteiger partial charge in [-0.1, -0.05) is 74.5 Å². The van der Waals surface area contributed by atoms with Crippen LogP contribution >= 0.6 is 0 Å². The lowest BCUT2D eigenvalue weighted by molar-refractivity contribution is -0.139. The lowest BCUT2D eigenvalue weighted by atomic mass is 9.99. The summed E-state index contributed by atoms with van der Waals surface area (Å²) in [5.41, 5.74) is 6.75. The highest BCUT2D eigenvalue weighted by atomic mass is 16.5. The normalized spacial score (nSPS) is 15.4. The highest BCUT2D eigenvalue weighted by molar-refractivity contribution is 6.38. The van der Waals surface area contributed by atoms with Crippen molar-refractivity contribution in [1.29, 1.82) is 0 Å². The van der Waals surface area contributed by atoms with Gasteiger partial charge in [0.05, 0.1) is 13.2 Å². The van der Waals surface area contributed by atoms with Crippen LogP contribution in [0.1, 0.15) is 25.0 Å². The van der Waals surface area contributed by atoms with Gasteiger partial charge in [-0.05, 0) is 17.0 Å². The van der Waals surface area contributed by atoms with E-state index in [1.807, 2.05) is 18.2 Å². The molecule has 0 saturated carbocycles. The summed E-state index contributed by atoms with van der Waals surface area (Å²) in [6.45, 7) is 5.23. The van der Waals surface area contributed by atoms with E-state index in [0.717, 1.165) is 11.1 Å². The first-order valence-corrected chi connectivity index (χ1v) is 13.3. The third-order valence-corrected chi connectivity index (χ3v) is 6.60. The van der Waals surface area contributed by atoms with Gasteiger partial charge in [-0.3, -0.25) is 19.2 Å². The van der Waals surface area contributed by atoms with E-state index in [9.17, 15) is 24.0 Å². The molecule has 11 nitrogen and oxygen atoms in total. The maximum absolute atomic E-state index is 13.5. The molecule has 3 rings (SSSR count). The largest absolute Gasteiger partial charge is 0.378 e. The van der Waals surface area contributed by atoms with Crippen molar-refractivity contribution in [3.63, 3.8) is 0 Å². The predicted octanol–water partition coefficient (Wildman–Crippen LogP) is 0.562. The number of nitrogens with zero attached hydrogens (tertiary/aromatic N) is 1. The molecule has 11 heteroatoms. The Bertz CT molecular complexity index is 1170. The Morgan fingerprint density at radius 2 is 1.27 bits per heavy atom. The fourth-order valence-electron chi connectivity index (χ4n) is 4.35. The summed E-state index contributed by atoms with van der Waals surface area (Å²) in [5.74, 6) is -3.61. The molecule has 0 unspecified atom stereocenters. The molecule has 1 fully saturated rings. The molecule has 0 aliphatic carbocycles. The van der Waals surface area contributed by atoms with Crippen LogP contribution in [-0.2, 0) is 36.8 Å². The van der Waals surface area contributed by atoms with Crippen molar-refractivity contribution in [3.8, 4) is 0 Å². The number of benzene rings is 2. The van der Waals surface area contributed by atoms with Crippen LogP contribution in [0, 0.1) is 5.92 Å². The number of carbonyl (C=O) groups is 5. The van der Waals surface area contributed by atoms with Crippen LogP contribution < -0.4 is 21.7 Å². The summed E-state index contributed by atoms with van der Waals surface area (Å²) >= 11 is 0. The fraction of sp³-hybridized carbons (Fsp3) is 0.414. The van der Waals surface area contributed by atoms with Crippen molar-refractivity contribution in [2.75, 3.05) is 26.3 Å². The van der Waals surface area contributed by atoms with Crippen molar-refractivity contribution in [1.82, 2.24) is 20.9 Å². The molecule has 0 bridgehead atoms. The van der Waals surface area contributed by atoms with Gasteiger partial charge >= 0.3 is 6.03 Å². The molecular weight excluding hydrogens is 514 g/mol. The molecule has 2 aromatic rings. The van der Waals surface area contributed by atoms with Crippen LogP contribution in [-0.4, -0.2) is 78.9 Å². The zero-order chi connectivity index (χ0) is 29.1. The molecule has 5 N–H and O–H groups in total. The number of hydrogen-bond donors (Lipinski definition) is 4. The Labute approximate surface area is 233 Å². The number of Topliss-reactive ketones (excluding diaryl/α,β-unsaturated/α-hetero) is 1. The molecule has 40 heavy (non-hydrogen) atoms. The smallest absolute Gasteiger partial charge is 0.318 e. The number of nitrogens with two attached hydrogens (primary N) is 1. The summed E-state index contributed by atoms with van der Waals surface area (Å²) < 4.78 is 5.29. The van der Waals surface area contributed by atoms with E-state index < -0.39 is 47.7 Å². The minimum Gasteiger partial charge on any atom is -0.378 e. The van der Waals surface area contributed by atoms with Gasteiger partial charge in [0.25, 0.3) is 5.91 Å². The quantitative estimate of drug-likeness (QED) is 0.282.